The zero-order chi connectivity index (χ0) is 24.7. The minimum absolute atomic E-state index is 0.0177. The van der Waals surface area contributed by atoms with Crippen LogP contribution in [0.15, 0.2) is 60.7 Å². The van der Waals surface area contributed by atoms with Gasteiger partial charge in [0.25, 0.3) is 5.91 Å². The van der Waals surface area contributed by atoms with Crippen LogP contribution >= 0.6 is 0 Å². The number of aromatic nitrogens is 1. The van der Waals surface area contributed by atoms with Gasteiger partial charge in [-0.05, 0) is 54.6 Å². The molecule has 178 valence electrons. The lowest BCUT2D eigenvalue weighted by atomic mass is 10.1. The van der Waals surface area contributed by atoms with Crippen molar-refractivity contribution in [3.63, 3.8) is 0 Å². The number of carbonyl (C=O) groups is 1. The average molecular weight is 473 g/mol. The number of hydrogen-bond donors (Lipinski definition) is 5. The number of nitrogens with zero attached hydrogens (tertiary/aromatic N) is 1. The summed E-state index contributed by atoms with van der Waals surface area (Å²) in [4.78, 5) is 17.0. The van der Waals surface area contributed by atoms with Crippen LogP contribution in [0.4, 0.5) is 13.2 Å². The van der Waals surface area contributed by atoms with E-state index < -0.39 is 17.6 Å². The number of carbonyl (C=O) groups excluding carboxylic acids is 1. The Morgan fingerprint density at radius 1 is 1.12 bits per heavy atom. The minimum atomic E-state index is -4.65. The summed E-state index contributed by atoms with van der Waals surface area (Å²) in [5.41, 5.74) is 2.86. The lowest BCUT2D eigenvalue weighted by Crippen LogP contribution is -2.39. The molecule has 1 heterocycles. The number of nitrogens with one attached hydrogen (secondary N) is 3. The number of alkyl halides is 3. The van der Waals surface area contributed by atoms with Gasteiger partial charge in [-0.15, -0.1) is 0 Å². The first-order valence-corrected chi connectivity index (χ1v) is 10.1. The molecular formula is C23H22F3N5O3. The van der Waals surface area contributed by atoms with Gasteiger partial charge in [0.05, 0.1) is 23.4 Å². The molecule has 0 saturated carbocycles. The molecule has 0 spiro atoms. The highest BCUT2D eigenvalue weighted by molar-refractivity contribution is 5.99. The summed E-state index contributed by atoms with van der Waals surface area (Å²) in [5, 5.41) is 18.8. The van der Waals surface area contributed by atoms with Crippen molar-refractivity contribution in [3.05, 3.63) is 77.5 Å². The second-order valence-corrected chi connectivity index (χ2v) is 7.13. The highest BCUT2D eigenvalue weighted by Gasteiger charge is 2.32. The summed E-state index contributed by atoms with van der Waals surface area (Å²) in [5.74, 6) is 4.19. The second-order valence-electron chi connectivity index (χ2n) is 7.13. The molecule has 0 saturated heterocycles. The van der Waals surface area contributed by atoms with E-state index in [1.54, 1.807) is 30.3 Å². The van der Waals surface area contributed by atoms with E-state index in [0.29, 0.717) is 23.9 Å². The van der Waals surface area contributed by atoms with Crippen molar-refractivity contribution in [2.45, 2.75) is 12.6 Å². The maximum absolute atomic E-state index is 13.2. The Kier molecular flexibility index (Phi) is 7.82. The zero-order valence-corrected chi connectivity index (χ0v) is 17.8. The van der Waals surface area contributed by atoms with E-state index in [1.807, 2.05) is 17.6 Å². The number of rotatable bonds is 8. The number of aliphatic hydroxyl groups is 1. The molecule has 11 heteroatoms. The number of hydrazine groups is 1. The molecule has 6 N–H and O–H groups in total. The number of ether oxygens (including phenoxy) is 1. The third-order valence-electron chi connectivity index (χ3n) is 4.70. The third kappa shape index (κ3) is 6.30. The van der Waals surface area contributed by atoms with E-state index in [4.69, 9.17) is 21.1 Å². The summed E-state index contributed by atoms with van der Waals surface area (Å²) in [7, 11) is 0. The van der Waals surface area contributed by atoms with Gasteiger partial charge in [-0.25, -0.2) is 5.84 Å². The topological polar surface area (TPSA) is 133 Å². The summed E-state index contributed by atoms with van der Waals surface area (Å²) in [6.45, 7) is -0.321. The summed E-state index contributed by atoms with van der Waals surface area (Å²) in [6.07, 6.45) is -4.23. The molecule has 0 aliphatic rings. The van der Waals surface area contributed by atoms with Gasteiger partial charge in [-0.1, -0.05) is 6.07 Å². The largest absolute Gasteiger partial charge is 0.457 e. The van der Waals surface area contributed by atoms with Crippen LogP contribution in [-0.4, -0.2) is 35.0 Å². The second kappa shape index (κ2) is 10.8. The van der Waals surface area contributed by atoms with E-state index >= 15 is 0 Å². The molecule has 3 rings (SSSR count). The molecule has 1 amide bonds. The van der Waals surface area contributed by atoms with Crippen LogP contribution < -0.4 is 21.3 Å². The quantitative estimate of drug-likeness (QED) is 0.148. The Morgan fingerprint density at radius 2 is 1.85 bits per heavy atom. The number of benzene rings is 2. The van der Waals surface area contributed by atoms with E-state index in [-0.39, 0.29) is 30.3 Å². The number of amidine groups is 1. The van der Waals surface area contributed by atoms with Gasteiger partial charge in [0.15, 0.2) is 0 Å². The van der Waals surface area contributed by atoms with E-state index in [0.717, 1.165) is 23.4 Å². The van der Waals surface area contributed by atoms with E-state index in [9.17, 15) is 18.0 Å². The molecule has 0 atom stereocenters. The Hall–Kier alpha value is -3.96. The van der Waals surface area contributed by atoms with Crippen molar-refractivity contribution >= 4 is 11.7 Å². The van der Waals surface area contributed by atoms with E-state index in [1.165, 1.54) is 0 Å². The van der Waals surface area contributed by atoms with Gasteiger partial charge in [-0.3, -0.25) is 15.2 Å². The molecule has 0 bridgehead atoms. The van der Waals surface area contributed by atoms with Crippen molar-refractivity contribution in [3.8, 4) is 22.8 Å². The van der Waals surface area contributed by atoms with Gasteiger partial charge in [0.2, 0.25) is 0 Å². The van der Waals surface area contributed by atoms with Gasteiger partial charge in [0.1, 0.15) is 17.3 Å². The van der Waals surface area contributed by atoms with Crippen LogP contribution in [0.1, 0.15) is 21.6 Å². The normalized spacial score (nSPS) is 11.1. The monoisotopic (exact) mass is 473 g/mol. The van der Waals surface area contributed by atoms with Crippen LogP contribution in [-0.2, 0) is 12.6 Å². The average Bonchev–Trinajstić information content (AvgIpc) is 2.82. The van der Waals surface area contributed by atoms with Gasteiger partial charge >= 0.3 is 6.18 Å². The van der Waals surface area contributed by atoms with Crippen LogP contribution in [0.3, 0.4) is 0 Å². The Morgan fingerprint density at radius 3 is 2.50 bits per heavy atom. The number of halogens is 3. The number of amides is 1. The summed E-state index contributed by atoms with van der Waals surface area (Å²) < 4.78 is 45.3. The van der Waals surface area contributed by atoms with Crippen molar-refractivity contribution in [1.29, 1.82) is 5.41 Å². The first kappa shape index (κ1) is 24.7. The van der Waals surface area contributed by atoms with Crippen molar-refractivity contribution in [2.24, 2.45) is 5.84 Å². The molecule has 1 aromatic heterocycles. The Bertz CT molecular complexity index is 1170. The number of nitrogens with two attached hydrogens (primary N) is 1. The minimum Gasteiger partial charge on any atom is -0.457 e. The van der Waals surface area contributed by atoms with E-state index in [2.05, 4.69) is 10.3 Å². The van der Waals surface area contributed by atoms with Gasteiger partial charge < -0.3 is 20.6 Å². The Balaban J connectivity index is 1.85. The summed E-state index contributed by atoms with van der Waals surface area (Å²) in [6, 6.07) is 14.7. The van der Waals surface area contributed by atoms with Crippen LogP contribution in [0.5, 0.6) is 11.5 Å². The predicted molar refractivity (Wildman–Crippen MR) is 119 cm³/mol. The van der Waals surface area contributed by atoms with Crippen LogP contribution in [0.25, 0.3) is 11.3 Å². The fourth-order valence-corrected chi connectivity index (χ4v) is 3.00. The molecule has 34 heavy (non-hydrogen) atoms. The lowest BCUT2D eigenvalue weighted by molar-refractivity contribution is -0.137. The molecule has 8 nitrogen and oxygen atoms in total. The standard InChI is InChI=1S/C23H22F3N5O3/c24-23(25,26)15-6-9-20(18(12-15)22(33)29-13-21(27)31-28)34-17-7-4-14(5-8-17)19-3-1-2-16(30-19)10-11-32/h1-9,12,32H,10-11,13,28H2,(H2,27,31)(H,29,33). The molecule has 0 unspecified atom stereocenters. The lowest BCUT2D eigenvalue weighted by Gasteiger charge is -2.15. The van der Waals surface area contributed by atoms with Crippen LogP contribution in [0.2, 0.25) is 0 Å². The molecule has 2 aromatic carbocycles. The fourth-order valence-electron chi connectivity index (χ4n) is 3.00. The SMILES string of the molecule is N=C(CNC(=O)c1cc(C(F)(F)F)ccc1Oc1ccc(-c2cccc(CCO)n2)cc1)NN. The third-order valence-corrected chi connectivity index (χ3v) is 4.70. The molecule has 0 radical (unpaired) electrons. The maximum Gasteiger partial charge on any atom is 0.416 e. The smallest absolute Gasteiger partial charge is 0.416 e. The highest BCUT2D eigenvalue weighted by atomic mass is 19.4. The molecule has 3 aromatic rings. The fraction of sp³-hybridized carbons (Fsp3) is 0.174. The summed E-state index contributed by atoms with van der Waals surface area (Å²) >= 11 is 0. The number of hydrogen-bond acceptors (Lipinski definition) is 6. The Labute approximate surface area is 193 Å². The van der Waals surface area contributed by atoms with Crippen LogP contribution in [0, 0.1) is 5.41 Å². The molecule has 0 aliphatic heterocycles. The van der Waals surface area contributed by atoms with Crippen molar-refractivity contribution in [1.82, 2.24) is 15.7 Å². The first-order valence-electron chi connectivity index (χ1n) is 10.1. The zero-order valence-electron chi connectivity index (χ0n) is 17.8. The molecule has 0 aliphatic carbocycles. The molecule has 0 fully saturated rings. The van der Waals surface area contributed by atoms with Gasteiger partial charge in [0, 0.05) is 24.3 Å². The number of aliphatic hydroxyl groups excluding tert-OH is 1. The predicted octanol–water partition coefficient (Wildman–Crippen LogP) is 3.26. The number of pyridine rings is 1. The first-order chi connectivity index (χ1) is 16.2. The van der Waals surface area contributed by atoms with Gasteiger partial charge in [-0.2, -0.15) is 13.2 Å². The van der Waals surface area contributed by atoms with Crippen molar-refractivity contribution in [2.75, 3.05) is 13.2 Å². The highest BCUT2D eigenvalue weighted by Crippen LogP contribution is 2.34. The van der Waals surface area contributed by atoms with Crippen molar-refractivity contribution < 1.29 is 27.8 Å². The maximum atomic E-state index is 13.2. The molecular weight excluding hydrogens is 451 g/mol.